The number of hydrogen-bond acceptors (Lipinski definition) is 0. The Morgan fingerprint density at radius 2 is 0.500 bits per heavy atom. The predicted molar refractivity (Wildman–Crippen MR) is 0.686 cm³/mol. The molecule has 1 nitrogen and oxygen atoms in total. The normalized spacial score (nSPS) is 0. The van der Waals surface area contributed by atoms with E-state index in [-0.39, 0.29) is 117 Å². The molecule has 0 aliphatic heterocycles. The summed E-state index contributed by atoms with van der Waals surface area (Å²) in [5.41, 5.74) is 0. The molecule has 0 aliphatic carbocycles. The van der Waals surface area contributed by atoms with E-state index in [9.17, 15) is 0 Å². The van der Waals surface area contributed by atoms with Gasteiger partial charge in [-0.05, 0) is 0 Å². The van der Waals surface area contributed by atoms with Gasteiger partial charge in [0.2, 0.25) is 0 Å². The maximum absolute atomic E-state index is 0. The zero-order valence-electron chi connectivity index (χ0n) is 1.27. The number of hydrogen-bond donors (Lipinski definition) is 0. The molecule has 0 fully saturated rings. The minimum Gasteiger partial charge on any atom is -2.00 e. The van der Waals surface area contributed by atoms with Crippen LogP contribution in [-0.2, 0) is 5.48 Å². The van der Waals surface area contributed by atoms with E-state index in [1.807, 2.05) is 0 Å². The molecule has 0 saturated heterocycles. The van der Waals surface area contributed by atoms with Crippen molar-refractivity contribution in [3.63, 3.8) is 0 Å². The van der Waals surface area contributed by atoms with Crippen molar-refractivity contribution in [2.75, 3.05) is 0 Å². The Balaban J connectivity index is 0. The predicted octanol–water partition coefficient (Wildman–Crippen LogP) is -0.119. The first-order valence-electron chi connectivity index (χ1n) is 0. The molecule has 0 aromatic heterocycles. The van der Waals surface area contributed by atoms with Gasteiger partial charge in [-0.15, -0.1) is 0 Å². The fraction of sp³-hybridized carbons (Fsp3) is 0. The van der Waals surface area contributed by atoms with Gasteiger partial charge < -0.3 is 5.48 Å². The molecule has 0 atom stereocenters. The molecular weight excluding hydrogens is 518 g/mol. The minimum atomic E-state index is 0. The van der Waals surface area contributed by atoms with E-state index < -0.39 is 0 Å². The van der Waals surface area contributed by atoms with Gasteiger partial charge in [0.1, 0.15) is 0 Å². The van der Waals surface area contributed by atoms with Crippen LogP contribution < -0.4 is 0 Å². The summed E-state index contributed by atoms with van der Waals surface area (Å²) in [6, 6.07) is 0. The summed E-state index contributed by atoms with van der Waals surface area (Å²) < 4.78 is 0. The third-order valence-electron chi connectivity index (χ3n) is 0. The van der Waals surface area contributed by atoms with Crippen LogP contribution in [-0.4, -0.2) is 0 Å². The molecule has 35 valence electrons. The molecule has 0 unspecified atom stereocenters. The first kappa shape index (κ1) is 25.2. The summed E-state index contributed by atoms with van der Waals surface area (Å²) in [6.45, 7) is 0. The Labute approximate surface area is 114 Å². The smallest absolute Gasteiger partial charge is 2.00 e. The summed E-state index contributed by atoms with van der Waals surface area (Å²) in [4.78, 5) is 0. The van der Waals surface area contributed by atoms with Crippen LogP contribution in [0.1, 0.15) is 0 Å². The molecule has 0 N–H and O–H groups in total. The second-order valence-electron chi connectivity index (χ2n) is 0. The van der Waals surface area contributed by atoms with E-state index >= 15 is 0 Å². The Kier molecular flexibility index (Phi) is 100. The molecular formula is Er3O+7. The Morgan fingerprint density at radius 3 is 0.500 bits per heavy atom. The topological polar surface area (TPSA) is 28.5 Å². The van der Waals surface area contributed by atoms with Crippen LogP contribution in [0.5, 0.6) is 0 Å². The van der Waals surface area contributed by atoms with Crippen molar-refractivity contribution in [3.8, 4) is 0 Å². The van der Waals surface area contributed by atoms with Crippen molar-refractivity contribution in [3.05, 3.63) is 0 Å². The van der Waals surface area contributed by atoms with Crippen LogP contribution in [0, 0.1) is 112 Å². The summed E-state index contributed by atoms with van der Waals surface area (Å²) in [6.07, 6.45) is 0. The third-order valence-corrected chi connectivity index (χ3v) is 0. The monoisotopic (exact) mass is 514 g/mol. The molecule has 0 aromatic carbocycles. The van der Waals surface area contributed by atoms with E-state index in [2.05, 4.69) is 0 Å². The summed E-state index contributed by atoms with van der Waals surface area (Å²) in [5.74, 6) is 0. The minimum absolute atomic E-state index is 0. The fourth-order valence-electron chi connectivity index (χ4n) is 0. The average Bonchev–Trinajstić information content (AvgIpc) is 0. The van der Waals surface area contributed by atoms with Gasteiger partial charge in [-0.2, -0.15) is 0 Å². The summed E-state index contributed by atoms with van der Waals surface area (Å²) >= 11 is 0. The van der Waals surface area contributed by atoms with Crippen LogP contribution in [0.3, 0.4) is 0 Å². The zero-order valence-corrected chi connectivity index (χ0v) is 6.83. The standard InChI is InChI=1S/3Er.O/q3*+3;-2. The van der Waals surface area contributed by atoms with Crippen molar-refractivity contribution < 1.29 is 117 Å². The molecule has 0 rings (SSSR count). The first-order chi connectivity index (χ1) is 0. The molecule has 0 spiro atoms. The second kappa shape index (κ2) is 15.9. The molecule has 0 bridgehead atoms. The van der Waals surface area contributed by atoms with E-state index in [4.69, 9.17) is 0 Å². The molecule has 4 heteroatoms. The van der Waals surface area contributed by atoms with Gasteiger partial charge >= 0.3 is 112 Å². The second-order valence-corrected chi connectivity index (χ2v) is 0. The van der Waals surface area contributed by atoms with E-state index in [0.717, 1.165) is 0 Å². The molecule has 0 amide bonds. The molecule has 4 heavy (non-hydrogen) atoms. The first-order valence-corrected chi connectivity index (χ1v) is 0. The van der Waals surface area contributed by atoms with Gasteiger partial charge in [0.05, 0.1) is 0 Å². The quantitative estimate of drug-likeness (QED) is 0.429. The van der Waals surface area contributed by atoms with Crippen LogP contribution in [0.15, 0.2) is 0 Å². The Bertz CT molecular complexity index is 3.25. The van der Waals surface area contributed by atoms with Crippen molar-refractivity contribution in [1.82, 2.24) is 0 Å². The van der Waals surface area contributed by atoms with E-state index in [0.29, 0.717) is 0 Å². The van der Waals surface area contributed by atoms with Gasteiger partial charge in [-0.3, -0.25) is 0 Å². The molecule has 0 aliphatic rings. The van der Waals surface area contributed by atoms with Crippen LogP contribution in [0.25, 0.3) is 0 Å². The van der Waals surface area contributed by atoms with E-state index in [1.165, 1.54) is 0 Å². The number of rotatable bonds is 0. The van der Waals surface area contributed by atoms with Crippen LogP contribution in [0.2, 0.25) is 0 Å². The fourth-order valence-corrected chi connectivity index (χ4v) is 0. The zero-order chi connectivity index (χ0) is 0. The van der Waals surface area contributed by atoms with Crippen molar-refractivity contribution >= 4 is 0 Å². The average molecular weight is 518 g/mol. The molecule has 3 radical (unpaired) electrons. The van der Waals surface area contributed by atoms with Gasteiger partial charge in [0, 0.05) is 0 Å². The largest absolute Gasteiger partial charge is 3.00 e. The van der Waals surface area contributed by atoms with Crippen molar-refractivity contribution in [2.24, 2.45) is 0 Å². The van der Waals surface area contributed by atoms with E-state index in [1.54, 1.807) is 0 Å². The molecule has 0 saturated carbocycles. The maximum Gasteiger partial charge on any atom is 3.00 e. The SMILES string of the molecule is [Er+3].[Er+3].[Er+3].[O-2]. The third kappa shape index (κ3) is 9.20. The Morgan fingerprint density at radius 1 is 0.500 bits per heavy atom. The summed E-state index contributed by atoms with van der Waals surface area (Å²) in [7, 11) is 0. The van der Waals surface area contributed by atoms with Crippen LogP contribution in [0.4, 0.5) is 0 Å². The van der Waals surface area contributed by atoms with Crippen molar-refractivity contribution in [1.29, 1.82) is 0 Å². The summed E-state index contributed by atoms with van der Waals surface area (Å²) in [5, 5.41) is 0. The van der Waals surface area contributed by atoms with Crippen LogP contribution >= 0.6 is 0 Å². The molecule has 0 heterocycles. The Hall–Kier alpha value is 3.70. The molecule has 0 aromatic rings. The van der Waals surface area contributed by atoms with Gasteiger partial charge in [-0.1, -0.05) is 0 Å². The van der Waals surface area contributed by atoms with Gasteiger partial charge in [0.25, 0.3) is 0 Å². The van der Waals surface area contributed by atoms with Gasteiger partial charge in [-0.25, -0.2) is 0 Å². The van der Waals surface area contributed by atoms with Gasteiger partial charge in [0.15, 0.2) is 0 Å². The van der Waals surface area contributed by atoms with Crippen molar-refractivity contribution in [2.45, 2.75) is 0 Å². The maximum atomic E-state index is 0.